The molecule has 2 saturated heterocycles. The van der Waals surface area contributed by atoms with Crippen molar-refractivity contribution in [2.75, 3.05) is 31.6 Å². The molecule has 2 aliphatic rings. The SMILES string of the molecule is COc1ccc(-c2onc(N3CCCC3)c2C(=O)N[C@H]2CCN[C@H](C)C2)cc1.Cl. The van der Waals surface area contributed by atoms with E-state index in [0.29, 0.717) is 23.2 Å². The lowest BCUT2D eigenvalue weighted by Crippen LogP contribution is -2.46. The van der Waals surface area contributed by atoms with Gasteiger partial charge >= 0.3 is 0 Å². The third kappa shape index (κ3) is 4.67. The predicted octanol–water partition coefficient (Wildman–Crippen LogP) is 3.24. The van der Waals surface area contributed by atoms with Gasteiger partial charge in [0.15, 0.2) is 11.6 Å². The molecule has 8 heteroatoms. The fourth-order valence-electron chi connectivity index (χ4n) is 4.09. The summed E-state index contributed by atoms with van der Waals surface area (Å²) in [4.78, 5) is 15.4. The highest BCUT2D eigenvalue weighted by Gasteiger charge is 2.31. The molecule has 3 heterocycles. The van der Waals surface area contributed by atoms with Crippen LogP contribution in [0.4, 0.5) is 5.82 Å². The van der Waals surface area contributed by atoms with Crippen molar-refractivity contribution in [1.82, 2.24) is 15.8 Å². The van der Waals surface area contributed by atoms with Gasteiger partial charge in [-0.05, 0) is 63.4 Å². The van der Waals surface area contributed by atoms with Crippen molar-refractivity contribution in [2.45, 2.75) is 44.7 Å². The number of aromatic nitrogens is 1. The molecule has 1 aromatic heterocycles. The summed E-state index contributed by atoms with van der Waals surface area (Å²) in [6, 6.07) is 8.09. The van der Waals surface area contributed by atoms with E-state index in [1.165, 1.54) is 0 Å². The zero-order valence-corrected chi connectivity index (χ0v) is 17.8. The number of benzene rings is 1. The van der Waals surface area contributed by atoms with E-state index in [1.807, 2.05) is 24.3 Å². The van der Waals surface area contributed by atoms with Crippen molar-refractivity contribution >= 4 is 24.1 Å². The number of ether oxygens (including phenoxy) is 1. The quantitative estimate of drug-likeness (QED) is 0.773. The maximum Gasteiger partial charge on any atom is 0.259 e. The van der Waals surface area contributed by atoms with Crippen LogP contribution in [0.5, 0.6) is 5.75 Å². The summed E-state index contributed by atoms with van der Waals surface area (Å²) in [7, 11) is 1.63. The number of carbonyl (C=O) groups excluding carboxylic acids is 1. The fourth-order valence-corrected chi connectivity index (χ4v) is 4.09. The minimum absolute atomic E-state index is 0. The van der Waals surface area contributed by atoms with Crippen molar-refractivity contribution in [3.05, 3.63) is 29.8 Å². The van der Waals surface area contributed by atoms with Crippen LogP contribution in [0.25, 0.3) is 11.3 Å². The van der Waals surface area contributed by atoms with E-state index in [0.717, 1.165) is 56.6 Å². The van der Waals surface area contributed by atoms with Gasteiger partial charge in [-0.25, -0.2) is 0 Å². The number of amides is 1. The van der Waals surface area contributed by atoms with Crippen LogP contribution in [0.1, 0.15) is 43.0 Å². The zero-order chi connectivity index (χ0) is 19.5. The molecule has 0 unspecified atom stereocenters. The van der Waals surface area contributed by atoms with Crippen LogP contribution in [0, 0.1) is 0 Å². The number of methoxy groups -OCH3 is 1. The van der Waals surface area contributed by atoms with Crippen LogP contribution in [-0.2, 0) is 0 Å². The Hall–Kier alpha value is -2.25. The van der Waals surface area contributed by atoms with Gasteiger partial charge in [0, 0.05) is 30.7 Å². The van der Waals surface area contributed by atoms with E-state index < -0.39 is 0 Å². The van der Waals surface area contributed by atoms with Crippen molar-refractivity contribution in [2.24, 2.45) is 0 Å². The van der Waals surface area contributed by atoms with E-state index in [4.69, 9.17) is 9.26 Å². The molecule has 7 nitrogen and oxygen atoms in total. The van der Waals surface area contributed by atoms with E-state index in [9.17, 15) is 4.79 Å². The number of halogens is 1. The largest absolute Gasteiger partial charge is 0.497 e. The number of rotatable bonds is 5. The zero-order valence-electron chi connectivity index (χ0n) is 16.9. The first kappa shape index (κ1) is 21.5. The fraction of sp³-hybridized carbons (Fsp3) is 0.524. The predicted molar refractivity (Wildman–Crippen MR) is 115 cm³/mol. The maximum absolute atomic E-state index is 13.3. The topological polar surface area (TPSA) is 79.6 Å². The Bertz CT molecular complexity index is 818. The highest BCUT2D eigenvalue weighted by molar-refractivity contribution is 6.04. The molecule has 2 N–H and O–H groups in total. The summed E-state index contributed by atoms with van der Waals surface area (Å²) in [5.74, 6) is 1.83. The average molecular weight is 421 g/mol. The van der Waals surface area contributed by atoms with Crippen molar-refractivity contribution in [3.8, 4) is 17.1 Å². The second-order valence-corrected chi connectivity index (χ2v) is 7.68. The smallest absolute Gasteiger partial charge is 0.259 e. The Morgan fingerprint density at radius 1 is 1.28 bits per heavy atom. The van der Waals surface area contributed by atoms with Gasteiger partial charge in [-0.15, -0.1) is 12.4 Å². The Morgan fingerprint density at radius 3 is 2.66 bits per heavy atom. The lowest BCUT2D eigenvalue weighted by Gasteiger charge is -2.28. The standard InChI is InChI=1S/C21H28N4O3.ClH/c1-14-13-16(9-10-22-14)23-21(26)18-19(15-5-7-17(27-2)8-6-15)28-24-20(18)25-11-3-4-12-25;/h5-8,14,16,22H,3-4,9-13H2,1-2H3,(H,23,26);1H/t14-,16+;/m1./s1. The first-order valence-corrected chi connectivity index (χ1v) is 10.1. The Morgan fingerprint density at radius 2 is 2.00 bits per heavy atom. The lowest BCUT2D eigenvalue weighted by molar-refractivity contribution is 0.0926. The Balaban J connectivity index is 0.00000240. The molecule has 0 saturated carbocycles. The molecule has 2 fully saturated rings. The average Bonchev–Trinajstić information content (AvgIpc) is 3.37. The summed E-state index contributed by atoms with van der Waals surface area (Å²) in [5, 5.41) is 10.9. The Kier molecular flexibility index (Phi) is 7.03. The summed E-state index contributed by atoms with van der Waals surface area (Å²) in [5.41, 5.74) is 1.36. The van der Waals surface area contributed by atoms with E-state index in [2.05, 4.69) is 27.6 Å². The van der Waals surface area contributed by atoms with Crippen molar-refractivity contribution < 1.29 is 14.1 Å². The summed E-state index contributed by atoms with van der Waals surface area (Å²) in [6.07, 6.45) is 4.07. The summed E-state index contributed by atoms with van der Waals surface area (Å²) in [6.45, 7) is 4.87. The maximum atomic E-state index is 13.3. The highest BCUT2D eigenvalue weighted by atomic mass is 35.5. The van der Waals surface area contributed by atoms with E-state index in [-0.39, 0.29) is 24.4 Å². The molecule has 0 aliphatic carbocycles. The minimum Gasteiger partial charge on any atom is -0.497 e. The number of nitrogens with zero attached hydrogens (tertiary/aromatic N) is 2. The molecule has 1 aromatic carbocycles. The first-order valence-electron chi connectivity index (χ1n) is 10.1. The van der Waals surface area contributed by atoms with Gasteiger partial charge in [-0.3, -0.25) is 4.79 Å². The van der Waals surface area contributed by atoms with Crippen LogP contribution in [0.15, 0.2) is 28.8 Å². The minimum atomic E-state index is -0.104. The molecular weight excluding hydrogens is 392 g/mol. The molecule has 1 amide bonds. The van der Waals surface area contributed by atoms with E-state index in [1.54, 1.807) is 7.11 Å². The van der Waals surface area contributed by atoms with Crippen LogP contribution in [0.3, 0.4) is 0 Å². The second-order valence-electron chi connectivity index (χ2n) is 7.68. The van der Waals surface area contributed by atoms with Crippen molar-refractivity contribution in [1.29, 1.82) is 0 Å². The number of hydrogen-bond acceptors (Lipinski definition) is 6. The number of piperidine rings is 1. The van der Waals surface area contributed by atoms with Crippen LogP contribution in [0.2, 0.25) is 0 Å². The van der Waals surface area contributed by atoms with Gasteiger partial charge in [-0.2, -0.15) is 0 Å². The van der Waals surface area contributed by atoms with Crippen molar-refractivity contribution in [3.63, 3.8) is 0 Å². The third-order valence-electron chi connectivity index (χ3n) is 5.62. The molecule has 158 valence electrons. The third-order valence-corrected chi connectivity index (χ3v) is 5.62. The first-order chi connectivity index (χ1) is 13.7. The molecule has 0 bridgehead atoms. The van der Waals surface area contributed by atoms with E-state index >= 15 is 0 Å². The van der Waals surface area contributed by atoms with Gasteiger partial charge in [0.2, 0.25) is 0 Å². The summed E-state index contributed by atoms with van der Waals surface area (Å²) < 4.78 is 10.9. The molecule has 2 aromatic rings. The normalized spacial score (nSPS) is 21.5. The number of hydrogen-bond donors (Lipinski definition) is 2. The van der Waals surface area contributed by atoms with Gasteiger partial charge < -0.3 is 24.8 Å². The molecule has 29 heavy (non-hydrogen) atoms. The molecule has 4 rings (SSSR count). The summed E-state index contributed by atoms with van der Waals surface area (Å²) >= 11 is 0. The van der Waals surface area contributed by atoms with Crippen LogP contribution < -0.4 is 20.3 Å². The van der Waals surface area contributed by atoms with Gasteiger partial charge in [0.05, 0.1) is 7.11 Å². The molecule has 0 spiro atoms. The van der Waals surface area contributed by atoms with Gasteiger partial charge in [0.1, 0.15) is 11.3 Å². The Labute approximate surface area is 177 Å². The second kappa shape index (κ2) is 9.50. The molecule has 2 aliphatic heterocycles. The lowest BCUT2D eigenvalue weighted by atomic mass is 9.99. The molecule has 2 atom stereocenters. The van der Waals surface area contributed by atoms with Crippen LogP contribution in [-0.4, -0.2) is 49.9 Å². The number of anilines is 1. The molecule has 0 radical (unpaired) electrons. The van der Waals surface area contributed by atoms with Gasteiger partial charge in [0.25, 0.3) is 5.91 Å². The number of carbonyl (C=O) groups is 1. The number of nitrogens with one attached hydrogen (secondary N) is 2. The highest BCUT2D eigenvalue weighted by Crippen LogP contribution is 2.34. The van der Waals surface area contributed by atoms with Crippen LogP contribution >= 0.6 is 12.4 Å². The molecular formula is C21H29ClN4O3. The van der Waals surface area contributed by atoms with Gasteiger partial charge in [-0.1, -0.05) is 5.16 Å². The monoisotopic (exact) mass is 420 g/mol.